The molecule has 0 aliphatic heterocycles. The molecular formula is C31H60OSi. The third-order valence-corrected chi connectivity index (χ3v) is 12.6. The normalized spacial score (nSPS) is 23.3. The lowest BCUT2D eigenvalue weighted by atomic mass is 9.78. The molecule has 1 atom stereocenters. The van der Waals surface area contributed by atoms with E-state index in [0.717, 1.165) is 24.0 Å². The molecule has 2 aliphatic rings. The van der Waals surface area contributed by atoms with Gasteiger partial charge in [0.05, 0.1) is 8.80 Å². The van der Waals surface area contributed by atoms with Gasteiger partial charge < -0.3 is 4.74 Å². The Bertz CT molecular complexity index is 448. The van der Waals surface area contributed by atoms with Gasteiger partial charge in [0.15, 0.2) is 0 Å². The lowest BCUT2D eigenvalue weighted by molar-refractivity contribution is 0.173. The highest BCUT2D eigenvalue weighted by molar-refractivity contribution is 6.60. The van der Waals surface area contributed by atoms with E-state index >= 15 is 0 Å². The van der Waals surface area contributed by atoms with Crippen molar-refractivity contribution in [2.45, 2.75) is 160 Å². The molecule has 2 rings (SSSR count). The Balaban J connectivity index is 1.48. The third-order valence-electron chi connectivity index (χ3n) is 8.77. The summed E-state index contributed by atoms with van der Waals surface area (Å²) in [6.45, 7) is 5.53. The first-order chi connectivity index (χ1) is 16.3. The lowest BCUT2D eigenvalue weighted by Gasteiger charge is -2.30. The summed E-state index contributed by atoms with van der Waals surface area (Å²) in [6, 6.07) is 1.57. The summed E-state index contributed by atoms with van der Waals surface area (Å²) < 4.78 is 6.09. The molecule has 2 heteroatoms. The Morgan fingerprint density at radius 3 is 1.94 bits per heavy atom. The van der Waals surface area contributed by atoms with Crippen LogP contribution < -0.4 is 0 Å². The largest absolute Gasteiger partial charge is 0.385 e. The molecule has 0 aromatic heterocycles. The van der Waals surface area contributed by atoms with Crippen molar-refractivity contribution in [3.05, 3.63) is 12.2 Å². The molecule has 2 fully saturated rings. The van der Waals surface area contributed by atoms with Crippen molar-refractivity contribution >= 4 is 8.80 Å². The number of ether oxygens (including phenoxy) is 1. The maximum atomic E-state index is 6.09. The van der Waals surface area contributed by atoms with Gasteiger partial charge in [0.25, 0.3) is 0 Å². The van der Waals surface area contributed by atoms with Gasteiger partial charge in [-0.15, -0.1) is 0 Å². The fourth-order valence-corrected chi connectivity index (χ4v) is 10.1. The van der Waals surface area contributed by atoms with Gasteiger partial charge in [-0.2, -0.15) is 0 Å². The minimum absolute atomic E-state index is 0.687. The molecule has 0 bridgehead atoms. The van der Waals surface area contributed by atoms with E-state index in [9.17, 15) is 0 Å². The standard InChI is InChI=1S/C31H60OSi/c1-3-5-6-7-8-9-10-11-13-18-29-22-24-30(25-23-29)19-16-17-27-33(28-32-26-4-2)31-20-14-12-15-21-31/h7-8,29-31,33H,3-6,9-28H2,1-2H3. The van der Waals surface area contributed by atoms with Crippen LogP contribution in [0.25, 0.3) is 0 Å². The summed E-state index contributed by atoms with van der Waals surface area (Å²) >= 11 is 0. The van der Waals surface area contributed by atoms with E-state index in [0.29, 0.717) is 0 Å². The molecule has 0 aromatic rings. The molecular weight excluding hydrogens is 416 g/mol. The third kappa shape index (κ3) is 14.2. The maximum Gasteiger partial charge on any atom is 0.0708 e. The van der Waals surface area contributed by atoms with Crippen molar-refractivity contribution in [1.82, 2.24) is 0 Å². The summed E-state index contributed by atoms with van der Waals surface area (Å²) in [5, 5.41) is 0. The second-order valence-electron chi connectivity index (χ2n) is 11.7. The Labute approximate surface area is 210 Å². The average molecular weight is 477 g/mol. The van der Waals surface area contributed by atoms with Crippen LogP contribution in [0.1, 0.15) is 149 Å². The zero-order chi connectivity index (χ0) is 23.4. The Morgan fingerprint density at radius 1 is 0.667 bits per heavy atom. The molecule has 2 aliphatic carbocycles. The van der Waals surface area contributed by atoms with E-state index in [2.05, 4.69) is 26.0 Å². The molecule has 0 spiro atoms. The van der Waals surface area contributed by atoms with Crippen LogP contribution in [0.5, 0.6) is 0 Å². The highest BCUT2D eigenvalue weighted by atomic mass is 28.3. The van der Waals surface area contributed by atoms with Crippen molar-refractivity contribution in [2.75, 3.05) is 12.8 Å². The van der Waals surface area contributed by atoms with E-state index in [4.69, 9.17) is 4.74 Å². The zero-order valence-electron chi connectivity index (χ0n) is 22.8. The van der Waals surface area contributed by atoms with Crippen molar-refractivity contribution in [2.24, 2.45) is 11.8 Å². The molecule has 0 N–H and O–H groups in total. The minimum atomic E-state index is -0.687. The zero-order valence-corrected chi connectivity index (χ0v) is 24.0. The Hall–Kier alpha value is -0.0831. The fourth-order valence-electron chi connectivity index (χ4n) is 6.52. The monoisotopic (exact) mass is 476 g/mol. The first-order valence-corrected chi connectivity index (χ1v) is 17.9. The van der Waals surface area contributed by atoms with E-state index < -0.39 is 8.80 Å². The molecule has 0 saturated heterocycles. The molecule has 1 nitrogen and oxygen atoms in total. The molecule has 0 heterocycles. The van der Waals surface area contributed by atoms with Gasteiger partial charge in [0.1, 0.15) is 0 Å². The van der Waals surface area contributed by atoms with Gasteiger partial charge >= 0.3 is 0 Å². The highest BCUT2D eigenvalue weighted by Gasteiger charge is 2.25. The molecule has 33 heavy (non-hydrogen) atoms. The van der Waals surface area contributed by atoms with Gasteiger partial charge in [0.2, 0.25) is 0 Å². The van der Waals surface area contributed by atoms with E-state index in [-0.39, 0.29) is 0 Å². The molecule has 0 aromatic carbocycles. The summed E-state index contributed by atoms with van der Waals surface area (Å²) in [4.78, 5) is 0. The maximum absolute atomic E-state index is 6.09. The van der Waals surface area contributed by atoms with Crippen LogP contribution in [0, 0.1) is 11.8 Å². The van der Waals surface area contributed by atoms with Crippen LogP contribution in [0.2, 0.25) is 11.6 Å². The Kier molecular flexibility index (Phi) is 17.8. The SMILES string of the molecule is CCCCC=CCCCCCC1CCC(CCCC[SiH](COCCC)C2CCCCC2)CC1. The van der Waals surface area contributed by atoms with Crippen molar-refractivity contribution in [3.8, 4) is 0 Å². The summed E-state index contributed by atoms with van der Waals surface area (Å²) in [6.07, 6.45) is 36.6. The van der Waals surface area contributed by atoms with Gasteiger partial charge in [-0.05, 0) is 43.1 Å². The first-order valence-electron chi connectivity index (χ1n) is 15.6. The number of allylic oxidation sites excluding steroid dienone is 2. The number of hydrogen-bond donors (Lipinski definition) is 0. The fraction of sp³-hybridized carbons (Fsp3) is 0.935. The second-order valence-corrected chi connectivity index (χ2v) is 15.0. The van der Waals surface area contributed by atoms with Gasteiger partial charge in [-0.3, -0.25) is 0 Å². The van der Waals surface area contributed by atoms with Gasteiger partial charge in [0, 0.05) is 12.8 Å². The summed E-state index contributed by atoms with van der Waals surface area (Å²) in [7, 11) is -0.687. The molecule has 2 saturated carbocycles. The number of unbranched alkanes of at least 4 members (excludes halogenated alkanes) is 6. The number of hydrogen-bond acceptors (Lipinski definition) is 1. The van der Waals surface area contributed by atoms with Crippen molar-refractivity contribution < 1.29 is 4.74 Å². The van der Waals surface area contributed by atoms with Crippen LogP contribution in [0.15, 0.2) is 12.2 Å². The van der Waals surface area contributed by atoms with E-state index in [1.54, 1.807) is 6.04 Å². The topological polar surface area (TPSA) is 9.23 Å². The second kappa shape index (κ2) is 20.1. The molecule has 194 valence electrons. The summed E-state index contributed by atoms with van der Waals surface area (Å²) in [5.41, 5.74) is 1.10. The van der Waals surface area contributed by atoms with Crippen molar-refractivity contribution in [1.29, 1.82) is 0 Å². The predicted molar refractivity (Wildman–Crippen MR) is 151 cm³/mol. The highest BCUT2D eigenvalue weighted by Crippen LogP contribution is 2.36. The minimum Gasteiger partial charge on any atom is -0.385 e. The van der Waals surface area contributed by atoms with Crippen molar-refractivity contribution in [3.63, 3.8) is 0 Å². The molecule has 0 radical (unpaired) electrons. The Morgan fingerprint density at radius 2 is 1.30 bits per heavy atom. The van der Waals surface area contributed by atoms with Crippen LogP contribution in [0.4, 0.5) is 0 Å². The first kappa shape index (κ1) is 29.1. The predicted octanol–water partition coefficient (Wildman–Crippen LogP) is 10.2. The average Bonchev–Trinajstić information content (AvgIpc) is 2.86. The molecule has 1 unspecified atom stereocenters. The van der Waals surface area contributed by atoms with Gasteiger partial charge in [-0.25, -0.2) is 0 Å². The number of rotatable bonds is 19. The van der Waals surface area contributed by atoms with Crippen LogP contribution in [-0.4, -0.2) is 21.6 Å². The lowest BCUT2D eigenvalue weighted by Crippen LogP contribution is -2.29. The molecule has 0 amide bonds. The van der Waals surface area contributed by atoms with Crippen LogP contribution in [0.3, 0.4) is 0 Å². The van der Waals surface area contributed by atoms with E-state index in [1.807, 2.05) is 0 Å². The smallest absolute Gasteiger partial charge is 0.0708 e. The van der Waals surface area contributed by atoms with Crippen LogP contribution in [-0.2, 0) is 4.74 Å². The summed E-state index contributed by atoms with van der Waals surface area (Å²) in [5.74, 6) is 2.11. The quantitative estimate of drug-likeness (QED) is 0.102. The van der Waals surface area contributed by atoms with Crippen LogP contribution >= 0.6 is 0 Å². The van der Waals surface area contributed by atoms with E-state index in [1.165, 1.54) is 141 Å². The van der Waals surface area contributed by atoms with Gasteiger partial charge in [-0.1, -0.05) is 141 Å².